The van der Waals surface area contributed by atoms with E-state index < -0.39 is 11.8 Å². The average molecular weight is 290 g/mol. The summed E-state index contributed by atoms with van der Waals surface area (Å²) in [4.78, 5) is 25.4. The van der Waals surface area contributed by atoms with Gasteiger partial charge in [-0.05, 0) is 29.5 Å². The van der Waals surface area contributed by atoms with E-state index in [-0.39, 0.29) is 17.2 Å². The van der Waals surface area contributed by atoms with Gasteiger partial charge in [0, 0.05) is 13.1 Å². The van der Waals surface area contributed by atoms with Crippen LogP contribution in [-0.2, 0) is 16.0 Å². The van der Waals surface area contributed by atoms with Gasteiger partial charge in [0.1, 0.15) is 5.75 Å². The van der Waals surface area contributed by atoms with Crippen LogP contribution in [0.3, 0.4) is 0 Å². The maximum Gasteiger partial charge on any atom is 0.312 e. The number of nitrogens with one attached hydrogen (secondary N) is 1. The molecule has 0 aromatic heterocycles. The predicted molar refractivity (Wildman–Crippen MR) is 79.8 cm³/mol. The summed E-state index contributed by atoms with van der Waals surface area (Å²) < 4.78 is 0. The zero-order chi connectivity index (χ0) is 15.6. The highest BCUT2D eigenvalue weighted by atomic mass is 16.3. The van der Waals surface area contributed by atoms with E-state index in [1.54, 1.807) is 17.0 Å². The Hall–Kier alpha value is -2.04. The van der Waals surface area contributed by atoms with E-state index in [0.717, 1.165) is 5.56 Å². The topological polar surface area (TPSA) is 69.6 Å². The van der Waals surface area contributed by atoms with Crippen LogP contribution in [0.25, 0.3) is 0 Å². The summed E-state index contributed by atoms with van der Waals surface area (Å²) in [6, 6.07) is 6.88. The lowest BCUT2D eigenvalue weighted by Crippen LogP contribution is -2.60. The molecule has 1 atom stereocenters. The summed E-state index contributed by atoms with van der Waals surface area (Å²) in [6.45, 7) is 7.14. The molecule has 0 aliphatic carbocycles. The van der Waals surface area contributed by atoms with Gasteiger partial charge >= 0.3 is 11.8 Å². The number of rotatable bonds is 3. The molecule has 0 spiro atoms. The Labute approximate surface area is 125 Å². The SMILES string of the molecule is CC(C)(C)CN1C(=O)C(=O)NC[C@H]1Cc1ccc(O)cc1. The number of aromatic hydroxyl groups is 1. The van der Waals surface area contributed by atoms with Gasteiger partial charge in [-0.2, -0.15) is 0 Å². The summed E-state index contributed by atoms with van der Waals surface area (Å²) in [5.74, 6) is -0.764. The third-order valence-electron chi connectivity index (χ3n) is 3.45. The predicted octanol–water partition coefficient (Wildman–Crippen LogP) is 1.31. The van der Waals surface area contributed by atoms with Crippen LogP contribution >= 0.6 is 0 Å². The van der Waals surface area contributed by atoms with Crippen LogP contribution < -0.4 is 5.32 Å². The molecule has 0 radical (unpaired) electrons. The van der Waals surface area contributed by atoms with Crippen molar-refractivity contribution < 1.29 is 14.7 Å². The van der Waals surface area contributed by atoms with E-state index in [1.807, 2.05) is 32.9 Å². The molecule has 0 saturated carbocycles. The summed E-state index contributed by atoms with van der Waals surface area (Å²) in [5, 5.41) is 12.0. The maximum atomic E-state index is 12.1. The third kappa shape index (κ3) is 3.97. The highest BCUT2D eigenvalue weighted by Crippen LogP contribution is 2.21. The molecule has 1 fully saturated rings. The molecule has 0 bridgehead atoms. The number of carbonyl (C=O) groups is 2. The van der Waals surface area contributed by atoms with Crippen molar-refractivity contribution in [2.45, 2.75) is 33.2 Å². The van der Waals surface area contributed by atoms with Crippen molar-refractivity contribution in [3.8, 4) is 5.75 Å². The molecule has 1 aliphatic heterocycles. The molecule has 5 nitrogen and oxygen atoms in total. The summed E-state index contributed by atoms with van der Waals surface area (Å²) in [7, 11) is 0. The molecule has 0 unspecified atom stereocenters. The molecular formula is C16H22N2O3. The largest absolute Gasteiger partial charge is 0.508 e. The van der Waals surface area contributed by atoms with Gasteiger partial charge in [0.2, 0.25) is 0 Å². The zero-order valence-electron chi connectivity index (χ0n) is 12.7. The molecule has 1 heterocycles. The van der Waals surface area contributed by atoms with Gasteiger partial charge in [0.05, 0.1) is 6.04 Å². The number of amides is 2. The van der Waals surface area contributed by atoms with Gasteiger partial charge < -0.3 is 15.3 Å². The lowest BCUT2D eigenvalue weighted by molar-refractivity contribution is -0.151. The van der Waals surface area contributed by atoms with Crippen molar-refractivity contribution in [1.29, 1.82) is 0 Å². The Balaban J connectivity index is 2.16. The first-order valence-corrected chi connectivity index (χ1v) is 7.13. The van der Waals surface area contributed by atoms with Crippen LogP contribution in [0.5, 0.6) is 5.75 Å². The lowest BCUT2D eigenvalue weighted by atomic mass is 9.93. The van der Waals surface area contributed by atoms with Crippen LogP contribution in [0, 0.1) is 5.41 Å². The normalized spacial score (nSPS) is 19.6. The molecule has 2 N–H and O–H groups in total. The third-order valence-corrected chi connectivity index (χ3v) is 3.45. The number of piperazine rings is 1. The maximum absolute atomic E-state index is 12.1. The van der Waals surface area contributed by atoms with Crippen molar-refractivity contribution in [2.75, 3.05) is 13.1 Å². The molecule has 2 rings (SSSR count). The highest BCUT2D eigenvalue weighted by molar-refractivity contribution is 6.35. The standard InChI is InChI=1S/C16H22N2O3/c1-16(2,3)10-18-12(9-17-14(20)15(18)21)8-11-4-6-13(19)7-5-11/h4-7,12,19H,8-10H2,1-3H3,(H,17,20)/t12-/m1/s1. The quantitative estimate of drug-likeness (QED) is 0.825. The Morgan fingerprint density at radius 1 is 1.24 bits per heavy atom. The second-order valence-electron chi connectivity index (χ2n) is 6.73. The Morgan fingerprint density at radius 2 is 1.86 bits per heavy atom. The van der Waals surface area contributed by atoms with E-state index in [1.165, 1.54) is 0 Å². The smallest absolute Gasteiger partial charge is 0.312 e. The van der Waals surface area contributed by atoms with Crippen molar-refractivity contribution in [2.24, 2.45) is 5.41 Å². The van der Waals surface area contributed by atoms with E-state index in [2.05, 4.69) is 5.32 Å². The average Bonchev–Trinajstić information content (AvgIpc) is 2.39. The minimum atomic E-state index is -0.527. The summed E-state index contributed by atoms with van der Waals surface area (Å²) in [6.07, 6.45) is 0.655. The van der Waals surface area contributed by atoms with E-state index in [0.29, 0.717) is 19.5 Å². The first-order valence-electron chi connectivity index (χ1n) is 7.13. The minimum Gasteiger partial charge on any atom is -0.508 e. The molecule has 114 valence electrons. The van der Waals surface area contributed by atoms with Crippen molar-refractivity contribution in [1.82, 2.24) is 10.2 Å². The van der Waals surface area contributed by atoms with Crippen LogP contribution in [0.15, 0.2) is 24.3 Å². The number of nitrogens with zero attached hydrogens (tertiary/aromatic N) is 1. The molecule has 1 aliphatic rings. The van der Waals surface area contributed by atoms with E-state index in [4.69, 9.17) is 0 Å². The minimum absolute atomic E-state index is 0.0565. The van der Waals surface area contributed by atoms with Gasteiger partial charge in [0.25, 0.3) is 0 Å². The van der Waals surface area contributed by atoms with Crippen molar-refractivity contribution in [3.63, 3.8) is 0 Å². The van der Waals surface area contributed by atoms with Crippen LogP contribution in [0.2, 0.25) is 0 Å². The van der Waals surface area contributed by atoms with Crippen LogP contribution in [-0.4, -0.2) is 41.0 Å². The monoisotopic (exact) mass is 290 g/mol. The van der Waals surface area contributed by atoms with Crippen LogP contribution in [0.4, 0.5) is 0 Å². The van der Waals surface area contributed by atoms with Gasteiger partial charge in [-0.3, -0.25) is 9.59 Å². The number of phenols is 1. The molecule has 1 aromatic carbocycles. The number of phenolic OH excluding ortho intramolecular Hbond substituents is 1. The summed E-state index contributed by atoms with van der Waals surface area (Å²) in [5.41, 5.74) is 0.959. The number of carbonyl (C=O) groups excluding carboxylic acids is 2. The Bertz CT molecular complexity index is 531. The second kappa shape index (κ2) is 5.76. The molecular weight excluding hydrogens is 268 g/mol. The lowest BCUT2D eigenvalue weighted by Gasteiger charge is -2.39. The number of hydrogen-bond acceptors (Lipinski definition) is 3. The zero-order valence-corrected chi connectivity index (χ0v) is 12.7. The van der Waals surface area contributed by atoms with Crippen LogP contribution in [0.1, 0.15) is 26.3 Å². The van der Waals surface area contributed by atoms with Crippen molar-refractivity contribution in [3.05, 3.63) is 29.8 Å². The first-order chi connectivity index (χ1) is 9.76. The van der Waals surface area contributed by atoms with Gasteiger partial charge in [0.15, 0.2) is 0 Å². The molecule has 1 aromatic rings. The van der Waals surface area contributed by atoms with E-state index >= 15 is 0 Å². The Kier molecular flexibility index (Phi) is 4.21. The fraction of sp³-hybridized carbons (Fsp3) is 0.500. The summed E-state index contributed by atoms with van der Waals surface area (Å²) >= 11 is 0. The fourth-order valence-electron chi connectivity index (χ4n) is 2.49. The van der Waals surface area contributed by atoms with Crippen molar-refractivity contribution >= 4 is 11.8 Å². The second-order valence-corrected chi connectivity index (χ2v) is 6.73. The number of hydrogen-bond donors (Lipinski definition) is 2. The van der Waals surface area contributed by atoms with Gasteiger partial charge in [-0.15, -0.1) is 0 Å². The Morgan fingerprint density at radius 3 is 2.43 bits per heavy atom. The van der Waals surface area contributed by atoms with E-state index in [9.17, 15) is 14.7 Å². The first kappa shape index (κ1) is 15.4. The number of benzene rings is 1. The molecule has 21 heavy (non-hydrogen) atoms. The molecule has 5 heteroatoms. The van der Waals surface area contributed by atoms with Gasteiger partial charge in [-0.25, -0.2) is 0 Å². The molecule has 2 amide bonds. The fourth-order valence-corrected chi connectivity index (χ4v) is 2.49. The highest BCUT2D eigenvalue weighted by Gasteiger charge is 2.35. The van der Waals surface area contributed by atoms with Gasteiger partial charge in [-0.1, -0.05) is 32.9 Å². The molecule has 1 saturated heterocycles.